The Morgan fingerprint density at radius 2 is 1.81 bits per heavy atom. The second-order valence-electron chi connectivity index (χ2n) is 5.89. The molecule has 0 aromatic heterocycles. The molecule has 3 rings (SSSR count). The zero-order valence-electron chi connectivity index (χ0n) is 12.5. The molecule has 21 heavy (non-hydrogen) atoms. The smallest absolute Gasteiger partial charge is 0.0732 e. The van der Waals surface area contributed by atoms with Crippen LogP contribution in [-0.2, 0) is 11.3 Å². The van der Waals surface area contributed by atoms with Crippen LogP contribution in [0.2, 0.25) is 0 Å². The minimum absolute atomic E-state index is 0.392. The van der Waals surface area contributed by atoms with Crippen molar-refractivity contribution in [1.82, 2.24) is 5.32 Å². The van der Waals surface area contributed by atoms with Crippen molar-refractivity contribution in [3.8, 4) is 0 Å². The molecular formula is C17H25NOS2. The third-order valence-electron chi connectivity index (χ3n) is 4.22. The zero-order valence-corrected chi connectivity index (χ0v) is 14.1. The van der Waals surface area contributed by atoms with E-state index >= 15 is 0 Å². The maximum Gasteiger partial charge on any atom is 0.0732 e. The van der Waals surface area contributed by atoms with Crippen molar-refractivity contribution in [3.05, 3.63) is 35.9 Å². The van der Waals surface area contributed by atoms with Gasteiger partial charge in [-0.3, -0.25) is 0 Å². The van der Waals surface area contributed by atoms with Crippen LogP contribution in [0.5, 0.6) is 0 Å². The van der Waals surface area contributed by atoms with E-state index in [1.165, 1.54) is 47.8 Å². The molecule has 4 heteroatoms. The molecule has 0 bridgehead atoms. The lowest BCUT2D eigenvalue weighted by atomic mass is 10.2. The maximum absolute atomic E-state index is 6.20. The van der Waals surface area contributed by atoms with E-state index < -0.39 is 0 Å². The molecule has 1 saturated heterocycles. The number of rotatable bonds is 5. The predicted molar refractivity (Wildman–Crippen MR) is 94.2 cm³/mol. The van der Waals surface area contributed by atoms with Crippen molar-refractivity contribution in [2.75, 3.05) is 23.0 Å². The summed E-state index contributed by atoms with van der Waals surface area (Å²) in [5.74, 6) is 5.13. The van der Waals surface area contributed by atoms with Crippen molar-refractivity contribution in [2.24, 2.45) is 0 Å². The van der Waals surface area contributed by atoms with Crippen LogP contribution >= 0.6 is 23.5 Å². The molecule has 1 heterocycles. The van der Waals surface area contributed by atoms with Gasteiger partial charge in [-0.15, -0.1) is 0 Å². The van der Waals surface area contributed by atoms with Crippen LogP contribution in [0.25, 0.3) is 0 Å². The number of ether oxygens (including phenoxy) is 1. The summed E-state index contributed by atoms with van der Waals surface area (Å²) in [6.07, 6.45) is 4.16. The first kappa shape index (κ1) is 15.7. The second-order valence-corrected chi connectivity index (χ2v) is 8.19. The fourth-order valence-electron chi connectivity index (χ4n) is 3.11. The number of nitrogens with one attached hydrogen (secondary N) is 1. The summed E-state index contributed by atoms with van der Waals surface area (Å²) in [6, 6.07) is 11.7. The monoisotopic (exact) mass is 323 g/mol. The summed E-state index contributed by atoms with van der Waals surface area (Å²) in [5.41, 5.74) is 1.28. The predicted octanol–water partition coefficient (Wildman–Crippen LogP) is 3.56. The quantitative estimate of drug-likeness (QED) is 0.894. The van der Waals surface area contributed by atoms with Gasteiger partial charge in [-0.25, -0.2) is 0 Å². The van der Waals surface area contributed by atoms with Crippen LogP contribution in [-0.4, -0.2) is 41.2 Å². The first-order valence-electron chi connectivity index (χ1n) is 7.99. The summed E-state index contributed by atoms with van der Waals surface area (Å²) in [4.78, 5) is 0. The van der Waals surface area contributed by atoms with E-state index in [1.54, 1.807) is 0 Å². The van der Waals surface area contributed by atoms with Gasteiger partial charge in [0, 0.05) is 35.1 Å². The average molecular weight is 324 g/mol. The summed E-state index contributed by atoms with van der Waals surface area (Å²) in [7, 11) is 0. The van der Waals surface area contributed by atoms with Crippen molar-refractivity contribution in [2.45, 2.75) is 44.1 Å². The van der Waals surface area contributed by atoms with E-state index in [2.05, 4.69) is 59.2 Å². The molecule has 1 aromatic carbocycles. The second kappa shape index (κ2) is 8.47. The number of thioether (sulfide) groups is 2. The van der Waals surface area contributed by atoms with Crippen LogP contribution in [0.3, 0.4) is 0 Å². The third kappa shape index (κ3) is 4.92. The van der Waals surface area contributed by atoms with Crippen molar-refractivity contribution in [1.29, 1.82) is 0 Å². The molecule has 0 unspecified atom stereocenters. The van der Waals surface area contributed by atoms with Crippen LogP contribution < -0.4 is 5.32 Å². The lowest BCUT2D eigenvalue weighted by Gasteiger charge is -2.26. The molecule has 1 saturated carbocycles. The molecule has 2 nitrogen and oxygen atoms in total. The van der Waals surface area contributed by atoms with Gasteiger partial charge >= 0.3 is 0 Å². The minimum atomic E-state index is 0.392. The summed E-state index contributed by atoms with van der Waals surface area (Å²) in [5, 5.41) is 3.88. The fourth-order valence-corrected chi connectivity index (χ4v) is 5.53. The minimum Gasteiger partial charge on any atom is -0.372 e. The Morgan fingerprint density at radius 1 is 1.05 bits per heavy atom. The van der Waals surface area contributed by atoms with Crippen LogP contribution in [0.15, 0.2) is 30.3 Å². The molecule has 2 aliphatic rings. The van der Waals surface area contributed by atoms with Gasteiger partial charge in [0.2, 0.25) is 0 Å². The van der Waals surface area contributed by atoms with Crippen molar-refractivity contribution >= 4 is 23.5 Å². The van der Waals surface area contributed by atoms with Gasteiger partial charge < -0.3 is 10.1 Å². The first-order chi connectivity index (χ1) is 10.4. The average Bonchev–Trinajstić information content (AvgIpc) is 2.79. The number of hydrogen-bond acceptors (Lipinski definition) is 4. The van der Waals surface area contributed by atoms with Crippen molar-refractivity contribution < 1.29 is 4.74 Å². The highest BCUT2D eigenvalue weighted by Crippen LogP contribution is 2.25. The lowest BCUT2D eigenvalue weighted by Crippen LogP contribution is -2.45. The Kier molecular flexibility index (Phi) is 6.34. The van der Waals surface area contributed by atoms with Crippen LogP contribution in [0.1, 0.15) is 24.8 Å². The molecule has 1 aliphatic carbocycles. The summed E-state index contributed by atoms with van der Waals surface area (Å²) in [6.45, 7) is 0.748. The molecular weight excluding hydrogens is 298 g/mol. The lowest BCUT2D eigenvalue weighted by molar-refractivity contribution is 0.0264. The SMILES string of the molecule is c1ccc(CO[C@@H]2CCC[C@H]2NC2CSCCSC2)cc1. The van der Waals surface area contributed by atoms with E-state index in [0.717, 1.165) is 6.61 Å². The Hall–Kier alpha value is -0.160. The van der Waals surface area contributed by atoms with Crippen molar-refractivity contribution in [3.63, 3.8) is 0 Å². The number of hydrogen-bond donors (Lipinski definition) is 1. The molecule has 0 spiro atoms. The molecule has 1 N–H and O–H groups in total. The highest BCUT2D eigenvalue weighted by atomic mass is 32.2. The third-order valence-corrected chi connectivity index (χ3v) is 6.74. The highest BCUT2D eigenvalue weighted by molar-refractivity contribution is 8.03. The topological polar surface area (TPSA) is 21.3 Å². The molecule has 1 aromatic rings. The largest absolute Gasteiger partial charge is 0.372 e. The van der Waals surface area contributed by atoms with Gasteiger partial charge in [0.25, 0.3) is 0 Å². The van der Waals surface area contributed by atoms with E-state index in [-0.39, 0.29) is 0 Å². The highest BCUT2D eigenvalue weighted by Gasteiger charge is 2.30. The normalized spacial score (nSPS) is 27.6. The molecule has 2 atom stereocenters. The van der Waals surface area contributed by atoms with E-state index in [0.29, 0.717) is 18.2 Å². The first-order valence-corrected chi connectivity index (χ1v) is 10.3. The van der Waals surface area contributed by atoms with E-state index in [9.17, 15) is 0 Å². The molecule has 0 radical (unpaired) electrons. The van der Waals surface area contributed by atoms with Crippen LogP contribution in [0.4, 0.5) is 0 Å². The van der Waals surface area contributed by atoms with E-state index in [4.69, 9.17) is 4.74 Å². The summed E-state index contributed by atoms with van der Waals surface area (Å²) >= 11 is 4.19. The Bertz CT molecular complexity index is 407. The Morgan fingerprint density at radius 3 is 2.57 bits per heavy atom. The van der Waals surface area contributed by atoms with E-state index in [1.807, 2.05) is 0 Å². The standard InChI is InChI=1S/C17H25NOS2/c1-2-5-14(6-3-1)11-19-17-8-4-7-16(17)18-15-12-20-9-10-21-13-15/h1-3,5-6,15-18H,4,7-13H2/t16-,17-/m1/s1. The maximum atomic E-state index is 6.20. The van der Waals surface area contributed by atoms with Gasteiger partial charge in [-0.05, 0) is 24.8 Å². The summed E-state index contributed by atoms with van der Waals surface area (Å²) < 4.78 is 6.20. The number of benzene rings is 1. The van der Waals surface area contributed by atoms with Gasteiger partial charge in [-0.1, -0.05) is 30.3 Å². The molecule has 1 aliphatic heterocycles. The molecule has 116 valence electrons. The zero-order chi connectivity index (χ0) is 14.3. The Balaban J connectivity index is 1.48. The molecule has 0 amide bonds. The van der Waals surface area contributed by atoms with Crippen LogP contribution in [0, 0.1) is 0 Å². The van der Waals surface area contributed by atoms with Gasteiger partial charge in [0.15, 0.2) is 0 Å². The van der Waals surface area contributed by atoms with Gasteiger partial charge in [0.1, 0.15) is 0 Å². The molecule has 2 fully saturated rings. The van der Waals surface area contributed by atoms with Gasteiger partial charge in [-0.2, -0.15) is 23.5 Å². The van der Waals surface area contributed by atoms with Gasteiger partial charge in [0.05, 0.1) is 12.7 Å². The fraction of sp³-hybridized carbons (Fsp3) is 0.647. The Labute approximate surface area is 136 Å².